The Hall–Kier alpha value is -1.02. The molecule has 1 fully saturated rings. The maximum atomic E-state index is 5.88. The number of fused-ring (bicyclic) bond motifs is 1. The first kappa shape index (κ1) is 14.9. The minimum absolute atomic E-state index is 0.599. The quantitative estimate of drug-likeness (QED) is 0.869. The van der Waals surface area contributed by atoms with Gasteiger partial charge in [-0.05, 0) is 50.6 Å². The van der Waals surface area contributed by atoms with Crippen LogP contribution in [0.1, 0.15) is 56.9 Å². The van der Waals surface area contributed by atoms with Crippen LogP contribution in [0, 0.1) is 11.8 Å². The lowest BCUT2D eigenvalue weighted by Crippen LogP contribution is -2.39. The van der Waals surface area contributed by atoms with Crippen molar-refractivity contribution in [2.45, 2.75) is 57.4 Å². The summed E-state index contributed by atoms with van der Waals surface area (Å²) in [5, 5.41) is 3.57. The molecule has 0 aromatic heterocycles. The molecular weight excluding hydrogens is 258 g/mol. The minimum atomic E-state index is 0.599. The molecule has 0 bridgehead atoms. The van der Waals surface area contributed by atoms with Gasteiger partial charge in [-0.15, -0.1) is 0 Å². The van der Waals surface area contributed by atoms with E-state index in [1.54, 1.807) is 0 Å². The number of rotatable bonds is 5. The Balaban J connectivity index is 1.67. The Morgan fingerprint density at radius 3 is 2.90 bits per heavy atom. The van der Waals surface area contributed by atoms with E-state index in [1.807, 2.05) is 0 Å². The van der Waals surface area contributed by atoms with Gasteiger partial charge in [0, 0.05) is 17.5 Å². The third kappa shape index (κ3) is 3.26. The van der Waals surface area contributed by atoms with Gasteiger partial charge in [-0.3, -0.25) is 0 Å². The van der Waals surface area contributed by atoms with Gasteiger partial charge < -0.3 is 10.1 Å². The van der Waals surface area contributed by atoms with Gasteiger partial charge in [0.2, 0.25) is 0 Å². The summed E-state index contributed by atoms with van der Waals surface area (Å²) in [5.41, 5.74) is 1.44. The van der Waals surface area contributed by atoms with Crippen molar-refractivity contribution in [1.82, 2.24) is 5.32 Å². The summed E-state index contributed by atoms with van der Waals surface area (Å²) >= 11 is 0. The fraction of sp³-hybridized carbons (Fsp3) is 0.684. The number of ether oxygens (including phenoxy) is 1. The standard InChI is InChI=1S/C19H29NO/c1-3-6-14-9-10-18(20-2)15(11-14)12-16-13-21-19-8-5-4-7-17(16)19/h4-5,7-8,14-16,18,20H,3,6,9-13H2,1-2H3. The zero-order valence-corrected chi connectivity index (χ0v) is 13.5. The second-order valence-electron chi connectivity index (χ2n) is 6.90. The Labute approximate surface area is 129 Å². The Morgan fingerprint density at radius 2 is 2.10 bits per heavy atom. The van der Waals surface area contributed by atoms with E-state index in [4.69, 9.17) is 4.74 Å². The average molecular weight is 287 g/mol. The van der Waals surface area contributed by atoms with Crippen LogP contribution in [0.15, 0.2) is 24.3 Å². The highest BCUT2D eigenvalue weighted by Gasteiger charge is 2.33. The van der Waals surface area contributed by atoms with Gasteiger partial charge in [-0.2, -0.15) is 0 Å². The number of hydrogen-bond donors (Lipinski definition) is 1. The molecule has 1 N–H and O–H groups in total. The molecule has 2 nitrogen and oxygen atoms in total. The maximum absolute atomic E-state index is 5.88. The summed E-state index contributed by atoms with van der Waals surface area (Å²) in [6, 6.07) is 9.30. The van der Waals surface area contributed by atoms with E-state index >= 15 is 0 Å². The van der Waals surface area contributed by atoms with Crippen molar-refractivity contribution in [3.8, 4) is 5.75 Å². The highest BCUT2D eigenvalue weighted by molar-refractivity contribution is 5.39. The lowest BCUT2D eigenvalue weighted by Gasteiger charge is -2.37. The summed E-state index contributed by atoms with van der Waals surface area (Å²) in [5.74, 6) is 3.47. The van der Waals surface area contributed by atoms with Crippen LogP contribution in [-0.4, -0.2) is 19.7 Å². The minimum Gasteiger partial charge on any atom is -0.493 e. The third-order valence-corrected chi connectivity index (χ3v) is 5.54. The lowest BCUT2D eigenvalue weighted by molar-refractivity contribution is 0.177. The molecule has 2 heteroatoms. The van der Waals surface area contributed by atoms with Crippen molar-refractivity contribution in [3.63, 3.8) is 0 Å². The molecule has 1 saturated carbocycles. The van der Waals surface area contributed by atoms with Crippen LogP contribution in [0.25, 0.3) is 0 Å². The van der Waals surface area contributed by atoms with Crippen molar-refractivity contribution in [2.24, 2.45) is 11.8 Å². The Morgan fingerprint density at radius 1 is 1.24 bits per heavy atom. The molecule has 0 spiro atoms. The van der Waals surface area contributed by atoms with Crippen LogP contribution in [0.4, 0.5) is 0 Å². The zero-order valence-electron chi connectivity index (χ0n) is 13.5. The summed E-state index contributed by atoms with van der Waals surface area (Å²) in [6.07, 6.45) is 8.18. The van der Waals surface area contributed by atoms with Crippen LogP contribution < -0.4 is 10.1 Å². The molecule has 1 heterocycles. The highest BCUT2D eigenvalue weighted by Crippen LogP contribution is 2.42. The van der Waals surface area contributed by atoms with Gasteiger partial charge in [0.1, 0.15) is 5.75 Å². The number of nitrogens with one attached hydrogen (secondary N) is 1. The summed E-state index contributed by atoms with van der Waals surface area (Å²) in [4.78, 5) is 0. The molecule has 2 aliphatic rings. The molecule has 1 aliphatic carbocycles. The second kappa shape index (κ2) is 6.83. The maximum Gasteiger partial charge on any atom is 0.122 e. The molecular formula is C19H29NO. The predicted octanol–water partition coefficient (Wildman–Crippen LogP) is 4.36. The van der Waals surface area contributed by atoms with Crippen molar-refractivity contribution in [3.05, 3.63) is 29.8 Å². The lowest BCUT2D eigenvalue weighted by atomic mass is 9.72. The molecule has 21 heavy (non-hydrogen) atoms. The van der Waals surface area contributed by atoms with Gasteiger partial charge in [0.25, 0.3) is 0 Å². The van der Waals surface area contributed by atoms with Crippen molar-refractivity contribution < 1.29 is 4.74 Å². The van der Waals surface area contributed by atoms with Gasteiger partial charge in [-0.25, -0.2) is 0 Å². The number of para-hydroxylation sites is 1. The normalized spacial score (nSPS) is 31.7. The van der Waals surface area contributed by atoms with E-state index in [-0.39, 0.29) is 0 Å². The van der Waals surface area contributed by atoms with Crippen LogP contribution in [-0.2, 0) is 0 Å². The molecule has 0 radical (unpaired) electrons. The third-order valence-electron chi connectivity index (χ3n) is 5.54. The number of hydrogen-bond acceptors (Lipinski definition) is 2. The molecule has 1 aromatic rings. The van der Waals surface area contributed by atoms with E-state index in [9.17, 15) is 0 Å². The van der Waals surface area contributed by atoms with Crippen LogP contribution >= 0.6 is 0 Å². The van der Waals surface area contributed by atoms with Crippen molar-refractivity contribution >= 4 is 0 Å². The monoisotopic (exact) mass is 287 g/mol. The van der Waals surface area contributed by atoms with Crippen molar-refractivity contribution in [2.75, 3.05) is 13.7 Å². The van der Waals surface area contributed by atoms with E-state index < -0.39 is 0 Å². The zero-order chi connectivity index (χ0) is 14.7. The first-order valence-corrected chi connectivity index (χ1v) is 8.70. The summed E-state index contributed by atoms with van der Waals surface area (Å²) in [6.45, 7) is 3.20. The second-order valence-corrected chi connectivity index (χ2v) is 6.90. The molecule has 4 unspecified atom stereocenters. The molecule has 4 atom stereocenters. The Kier molecular flexibility index (Phi) is 4.84. The molecule has 0 saturated heterocycles. The SMILES string of the molecule is CCCC1CCC(NC)C(CC2COc3ccccc32)C1. The topological polar surface area (TPSA) is 21.3 Å². The van der Waals surface area contributed by atoms with E-state index in [0.717, 1.165) is 24.2 Å². The van der Waals surface area contributed by atoms with Crippen LogP contribution in [0.5, 0.6) is 5.75 Å². The smallest absolute Gasteiger partial charge is 0.122 e. The largest absolute Gasteiger partial charge is 0.493 e. The first-order valence-electron chi connectivity index (χ1n) is 8.70. The molecule has 1 aromatic carbocycles. The van der Waals surface area contributed by atoms with Crippen molar-refractivity contribution in [1.29, 1.82) is 0 Å². The van der Waals surface area contributed by atoms with Gasteiger partial charge in [0.05, 0.1) is 6.61 Å². The average Bonchev–Trinajstić information content (AvgIpc) is 2.91. The van der Waals surface area contributed by atoms with Crippen LogP contribution in [0.2, 0.25) is 0 Å². The van der Waals surface area contributed by atoms with Gasteiger partial charge in [0.15, 0.2) is 0 Å². The first-order chi connectivity index (χ1) is 10.3. The number of benzene rings is 1. The van der Waals surface area contributed by atoms with Crippen LogP contribution in [0.3, 0.4) is 0 Å². The van der Waals surface area contributed by atoms with Gasteiger partial charge >= 0.3 is 0 Å². The molecule has 1 aliphatic heterocycles. The molecule has 3 rings (SSSR count). The van der Waals surface area contributed by atoms with E-state index in [2.05, 4.69) is 43.6 Å². The molecule has 116 valence electrons. The van der Waals surface area contributed by atoms with E-state index in [1.165, 1.54) is 44.1 Å². The van der Waals surface area contributed by atoms with E-state index in [0.29, 0.717) is 12.0 Å². The fourth-order valence-corrected chi connectivity index (χ4v) is 4.46. The van der Waals surface area contributed by atoms with Gasteiger partial charge in [-0.1, -0.05) is 38.0 Å². The summed E-state index contributed by atoms with van der Waals surface area (Å²) < 4.78 is 5.88. The molecule has 0 amide bonds. The summed E-state index contributed by atoms with van der Waals surface area (Å²) in [7, 11) is 2.14. The Bertz CT molecular complexity index is 459. The predicted molar refractivity (Wildman–Crippen MR) is 87.9 cm³/mol. The highest BCUT2D eigenvalue weighted by atomic mass is 16.5. The fourth-order valence-electron chi connectivity index (χ4n) is 4.46.